The molecule has 2 nitrogen and oxygen atoms in total. The molecule has 2 heteroatoms. The van der Waals surface area contributed by atoms with Crippen molar-refractivity contribution in [1.29, 1.82) is 0 Å². The van der Waals surface area contributed by atoms with Crippen molar-refractivity contribution in [3.8, 4) is 5.75 Å². The van der Waals surface area contributed by atoms with Crippen molar-refractivity contribution >= 4 is 0 Å². The minimum Gasteiger partial charge on any atom is -0.487 e. The lowest BCUT2D eigenvalue weighted by molar-refractivity contribution is -0.0141. The Hall–Kier alpha value is -1.02. The zero-order valence-corrected chi connectivity index (χ0v) is 13.3. The van der Waals surface area contributed by atoms with Crippen molar-refractivity contribution in [2.24, 2.45) is 0 Å². The molecule has 2 heterocycles. The molecule has 0 atom stereocenters. The monoisotopic (exact) mass is 285 g/mol. The lowest BCUT2D eigenvalue weighted by atomic mass is 9.80. The summed E-state index contributed by atoms with van der Waals surface area (Å²) in [6.07, 6.45) is 10.0. The average molecular weight is 285 g/mol. The van der Waals surface area contributed by atoms with Crippen LogP contribution in [0.2, 0.25) is 0 Å². The maximum Gasteiger partial charge on any atom is 0.126 e. The van der Waals surface area contributed by atoms with E-state index in [4.69, 9.17) is 4.74 Å². The summed E-state index contributed by atoms with van der Waals surface area (Å²) in [5, 5.41) is 0. The third-order valence-corrected chi connectivity index (χ3v) is 5.94. The summed E-state index contributed by atoms with van der Waals surface area (Å²) in [7, 11) is 0. The summed E-state index contributed by atoms with van der Waals surface area (Å²) in [6.45, 7) is 5.87. The normalized spacial score (nSPS) is 24.2. The van der Waals surface area contributed by atoms with E-state index in [9.17, 15) is 0 Å². The summed E-state index contributed by atoms with van der Waals surface area (Å²) in [5.41, 5.74) is 4.73. The molecule has 0 radical (unpaired) electrons. The average Bonchev–Trinajstić information content (AvgIpc) is 2.55. The van der Waals surface area contributed by atoms with Crippen LogP contribution in [-0.2, 0) is 19.3 Å². The fourth-order valence-electron chi connectivity index (χ4n) is 4.43. The zero-order valence-electron chi connectivity index (χ0n) is 13.3. The van der Waals surface area contributed by atoms with Gasteiger partial charge in [0.05, 0.1) is 0 Å². The summed E-state index contributed by atoms with van der Waals surface area (Å²) < 4.78 is 6.72. The largest absolute Gasteiger partial charge is 0.487 e. The topological polar surface area (TPSA) is 12.5 Å². The first-order valence-electron chi connectivity index (χ1n) is 8.85. The highest BCUT2D eigenvalue weighted by atomic mass is 16.5. The summed E-state index contributed by atoms with van der Waals surface area (Å²) in [6, 6.07) is 4.71. The SMILES string of the molecule is CCN1CCC2(CCc3ccc4c(c3O2)CCCC4)CC1. The zero-order chi connectivity index (χ0) is 14.3. The standard InChI is InChI=1S/C19H27NO/c1-2-20-13-11-19(12-14-20)10-9-16-8-7-15-5-3-4-6-17(15)18(16)21-19/h7-8H,2-6,9-14H2,1H3. The van der Waals surface area contributed by atoms with Crippen molar-refractivity contribution in [3.05, 3.63) is 28.8 Å². The van der Waals surface area contributed by atoms with Crippen LogP contribution in [0.4, 0.5) is 0 Å². The number of hydrogen-bond donors (Lipinski definition) is 0. The molecule has 1 aliphatic carbocycles. The van der Waals surface area contributed by atoms with Gasteiger partial charge in [0.15, 0.2) is 0 Å². The van der Waals surface area contributed by atoms with E-state index in [0.717, 1.165) is 0 Å². The van der Waals surface area contributed by atoms with Crippen LogP contribution in [0.25, 0.3) is 0 Å². The number of piperidine rings is 1. The van der Waals surface area contributed by atoms with Crippen molar-refractivity contribution in [2.45, 2.75) is 63.9 Å². The number of nitrogens with zero attached hydrogens (tertiary/aromatic N) is 1. The predicted octanol–water partition coefficient (Wildman–Crippen LogP) is 3.74. The Morgan fingerprint density at radius 1 is 1.00 bits per heavy atom. The molecule has 1 fully saturated rings. The van der Waals surface area contributed by atoms with Gasteiger partial charge in [-0.3, -0.25) is 0 Å². The first-order valence-corrected chi connectivity index (χ1v) is 8.85. The first kappa shape index (κ1) is 13.6. The van der Waals surface area contributed by atoms with Crippen molar-refractivity contribution in [2.75, 3.05) is 19.6 Å². The van der Waals surface area contributed by atoms with Gasteiger partial charge in [0, 0.05) is 13.1 Å². The van der Waals surface area contributed by atoms with Crippen LogP contribution >= 0.6 is 0 Å². The van der Waals surface area contributed by atoms with Crippen LogP contribution in [0.15, 0.2) is 12.1 Å². The number of benzene rings is 1. The Bertz CT molecular complexity index is 529. The van der Waals surface area contributed by atoms with Gasteiger partial charge in [0.1, 0.15) is 11.4 Å². The molecule has 0 bridgehead atoms. The number of likely N-dealkylation sites (tertiary alicyclic amines) is 1. The molecule has 0 aromatic heterocycles. The minimum atomic E-state index is 0.144. The maximum atomic E-state index is 6.72. The molecule has 21 heavy (non-hydrogen) atoms. The van der Waals surface area contributed by atoms with Gasteiger partial charge >= 0.3 is 0 Å². The highest BCUT2D eigenvalue weighted by Gasteiger charge is 2.40. The van der Waals surface area contributed by atoms with E-state index in [2.05, 4.69) is 24.0 Å². The molecule has 4 rings (SSSR count). The molecule has 114 valence electrons. The van der Waals surface area contributed by atoms with Crippen LogP contribution in [0.1, 0.15) is 55.7 Å². The summed E-state index contributed by atoms with van der Waals surface area (Å²) >= 11 is 0. The molecule has 1 aromatic rings. The quantitative estimate of drug-likeness (QED) is 0.779. The van der Waals surface area contributed by atoms with Gasteiger partial charge in [-0.05, 0) is 74.6 Å². The summed E-state index contributed by atoms with van der Waals surface area (Å²) in [4.78, 5) is 2.56. The van der Waals surface area contributed by atoms with E-state index < -0.39 is 0 Å². The van der Waals surface area contributed by atoms with Gasteiger partial charge in [-0.15, -0.1) is 0 Å². The van der Waals surface area contributed by atoms with Crippen LogP contribution in [0.3, 0.4) is 0 Å². The molecule has 1 spiro atoms. The Kier molecular flexibility index (Phi) is 3.45. The molecular formula is C19H27NO. The number of aryl methyl sites for hydroxylation is 2. The van der Waals surface area contributed by atoms with Gasteiger partial charge < -0.3 is 9.64 Å². The Morgan fingerprint density at radius 2 is 1.76 bits per heavy atom. The van der Waals surface area contributed by atoms with Gasteiger partial charge in [-0.1, -0.05) is 19.1 Å². The van der Waals surface area contributed by atoms with Crippen LogP contribution < -0.4 is 4.74 Å². The van der Waals surface area contributed by atoms with Crippen molar-refractivity contribution < 1.29 is 4.74 Å². The highest BCUT2D eigenvalue weighted by molar-refractivity contribution is 5.49. The van der Waals surface area contributed by atoms with E-state index in [1.165, 1.54) is 82.3 Å². The van der Waals surface area contributed by atoms with E-state index in [-0.39, 0.29) is 5.60 Å². The molecule has 1 saturated heterocycles. The fraction of sp³-hybridized carbons (Fsp3) is 0.684. The second kappa shape index (κ2) is 5.31. The smallest absolute Gasteiger partial charge is 0.126 e. The van der Waals surface area contributed by atoms with Crippen molar-refractivity contribution in [3.63, 3.8) is 0 Å². The molecule has 0 unspecified atom stereocenters. The fourth-order valence-corrected chi connectivity index (χ4v) is 4.43. The van der Waals surface area contributed by atoms with Crippen LogP contribution in [-0.4, -0.2) is 30.1 Å². The number of ether oxygens (including phenoxy) is 1. The highest BCUT2D eigenvalue weighted by Crippen LogP contribution is 2.43. The van der Waals surface area contributed by atoms with Gasteiger partial charge in [-0.2, -0.15) is 0 Å². The van der Waals surface area contributed by atoms with Crippen LogP contribution in [0, 0.1) is 0 Å². The van der Waals surface area contributed by atoms with E-state index in [1.807, 2.05) is 0 Å². The van der Waals surface area contributed by atoms with E-state index in [1.54, 1.807) is 11.1 Å². The third kappa shape index (κ3) is 2.38. The molecule has 0 N–H and O–H groups in total. The predicted molar refractivity (Wildman–Crippen MR) is 86.1 cm³/mol. The van der Waals surface area contributed by atoms with Gasteiger partial charge in [-0.25, -0.2) is 0 Å². The molecule has 3 aliphatic rings. The summed E-state index contributed by atoms with van der Waals surface area (Å²) in [5.74, 6) is 1.29. The number of rotatable bonds is 1. The Labute approximate surface area is 128 Å². The van der Waals surface area contributed by atoms with E-state index in [0.29, 0.717) is 0 Å². The second-order valence-electron chi connectivity index (χ2n) is 7.12. The molecular weight excluding hydrogens is 258 g/mol. The third-order valence-electron chi connectivity index (χ3n) is 5.94. The Morgan fingerprint density at radius 3 is 2.57 bits per heavy atom. The minimum absolute atomic E-state index is 0.144. The van der Waals surface area contributed by atoms with E-state index >= 15 is 0 Å². The molecule has 2 aliphatic heterocycles. The molecule has 1 aromatic carbocycles. The molecule has 0 amide bonds. The van der Waals surface area contributed by atoms with Crippen LogP contribution in [0.5, 0.6) is 5.75 Å². The second-order valence-corrected chi connectivity index (χ2v) is 7.12. The number of fused-ring (bicyclic) bond motifs is 3. The lowest BCUT2D eigenvalue weighted by Crippen LogP contribution is -2.49. The first-order chi connectivity index (χ1) is 10.3. The number of hydrogen-bond acceptors (Lipinski definition) is 2. The Balaban J connectivity index is 1.62. The lowest BCUT2D eigenvalue weighted by Gasteiger charge is -2.45. The van der Waals surface area contributed by atoms with Gasteiger partial charge in [0.2, 0.25) is 0 Å². The molecule has 0 saturated carbocycles. The maximum absolute atomic E-state index is 6.72. The van der Waals surface area contributed by atoms with Gasteiger partial charge in [0.25, 0.3) is 0 Å². The van der Waals surface area contributed by atoms with Crippen molar-refractivity contribution in [1.82, 2.24) is 4.90 Å².